The first-order chi connectivity index (χ1) is 15.7. The van der Waals surface area contributed by atoms with Crippen LogP contribution in [-0.2, 0) is 16.0 Å². The first kappa shape index (κ1) is 23.9. The quantitative estimate of drug-likeness (QED) is 0.476. The van der Waals surface area contributed by atoms with Crippen molar-refractivity contribution in [3.63, 3.8) is 0 Å². The summed E-state index contributed by atoms with van der Waals surface area (Å²) in [5.41, 5.74) is 8.99. The zero-order valence-electron chi connectivity index (χ0n) is 19.2. The van der Waals surface area contributed by atoms with Crippen molar-refractivity contribution >= 4 is 29.2 Å². The number of nitrogens with zero attached hydrogens (tertiary/aromatic N) is 3. The number of nitrogens with two attached hydrogens (primary N) is 1. The van der Waals surface area contributed by atoms with Crippen LogP contribution >= 0.6 is 0 Å². The Hall–Kier alpha value is -3.75. The largest absolute Gasteiger partial charge is 0.364 e. The van der Waals surface area contributed by atoms with Gasteiger partial charge in [0.1, 0.15) is 6.04 Å². The van der Waals surface area contributed by atoms with Crippen molar-refractivity contribution in [2.24, 2.45) is 5.73 Å². The normalized spacial score (nSPS) is 13.7. The van der Waals surface area contributed by atoms with Crippen LogP contribution in [0.2, 0.25) is 0 Å². The van der Waals surface area contributed by atoms with Crippen LogP contribution in [0.1, 0.15) is 53.1 Å². The van der Waals surface area contributed by atoms with Crippen LogP contribution in [0, 0.1) is 6.92 Å². The summed E-state index contributed by atoms with van der Waals surface area (Å²) in [5.74, 6) is -0.447. The van der Waals surface area contributed by atoms with E-state index in [-0.39, 0.29) is 17.5 Å². The molecular weight excluding hydrogens is 420 g/mol. The van der Waals surface area contributed by atoms with Gasteiger partial charge in [0.2, 0.25) is 11.8 Å². The second-order valence-corrected chi connectivity index (χ2v) is 8.23. The molecule has 1 unspecified atom stereocenters. The van der Waals surface area contributed by atoms with E-state index in [9.17, 15) is 14.4 Å². The number of benzene rings is 1. The average molecular weight is 451 g/mol. The number of anilines is 2. The molecule has 0 spiro atoms. The number of aryl methyl sites for hydroxylation is 1. The zero-order valence-corrected chi connectivity index (χ0v) is 19.2. The molecule has 174 valence electrons. The van der Waals surface area contributed by atoms with E-state index in [0.717, 1.165) is 35.5 Å². The van der Waals surface area contributed by atoms with Gasteiger partial charge in [-0.15, -0.1) is 0 Å². The van der Waals surface area contributed by atoms with Crippen LogP contribution in [0.3, 0.4) is 0 Å². The Morgan fingerprint density at radius 3 is 2.67 bits per heavy atom. The number of primary amides is 1. The highest BCUT2D eigenvalue weighted by atomic mass is 16.2. The SMILES string of the molecule is C=CC(=O)N(C)C(C)C(=O)NCCc1cccc(Nc2nc(C3CC3)c(C)nc2C(N)=O)c1. The molecule has 1 aromatic heterocycles. The Bertz CT molecular complexity index is 1080. The minimum Gasteiger partial charge on any atom is -0.364 e. The van der Waals surface area contributed by atoms with Crippen LogP contribution in [0.4, 0.5) is 11.5 Å². The molecule has 1 aliphatic rings. The Morgan fingerprint density at radius 1 is 1.30 bits per heavy atom. The van der Waals surface area contributed by atoms with Gasteiger partial charge in [0.15, 0.2) is 11.5 Å². The maximum absolute atomic E-state index is 12.3. The molecule has 3 amide bonds. The number of carbonyl (C=O) groups is 3. The lowest BCUT2D eigenvalue weighted by Crippen LogP contribution is -2.45. The molecule has 4 N–H and O–H groups in total. The molecule has 1 atom stereocenters. The van der Waals surface area contributed by atoms with Crippen LogP contribution in [-0.4, -0.2) is 52.2 Å². The third-order valence-electron chi connectivity index (χ3n) is 5.69. The van der Waals surface area contributed by atoms with Crippen molar-refractivity contribution in [1.82, 2.24) is 20.2 Å². The first-order valence-electron chi connectivity index (χ1n) is 10.9. The molecule has 33 heavy (non-hydrogen) atoms. The van der Waals surface area contributed by atoms with Crippen LogP contribution < -0.4 is 16.4 Å². The van der Waals surface area contributed by atoms with Gasteiger partial charge < -0.3 is 21.3 Å². The summed E-state index contributed by atoms with van der Waals surface area (Å²) in [5, 5.41) is 6.03. The van der Waals surface area contributed by atoms with Crippen molar-refractivity contribution < 1.29 is 14.4 Å². The van der Waals surface area contributed by atoms with Crippen molar-refractivity contribution in [1.29, 1.82) is 0 Å². The van der Waals surface area contributed by atoms with E-state index in [1.165, 1.54) is 11.0 Å². The van der Waals surface area contributed by atoms with Gasteiger partial charge >= 0.3 is 0 Å². The number of hydrogen-bond donors (Lipinski definition) is 3. The third-order valence-corrected chi connectivity index (χ3v) is 5.69. The Balaban J connectivity index is 1.65. The van der Waals surface area contributed by atoms with Gasteiger partial charge in [-0.2, -0.15) is 0 Å². The lowest BCUT2D eigenvalue weighted by atomic mass is 10.1. The monoisotopic (exact) mass is 450 g/mol. The lowest BCUT2D eigenvalue weighted by Gasteiger charge is -2.22. The summed E-state index contributed by atoms with van der Waals surface area (Å²) in [7, 11) is 1.56. The van der Waals surface area contributed by atoms with Gasteiger partial charge in [0, 0.05) is 25.2 Å². The Kier molecular flexibility index (Phi) is 7.42. The molecule has 1 fully saturated rings. The summed E-state index contributed by atoms with van der Waals surface area (Å²) in [4.78, 5) is 46.3. The van der Waals surface area contributed by atoms with Gasteiger partial charge in [-0.1, -0.05) is 18.7 Å². The zero-order chi connectivity index (χ0) is 24.1. The van der Waals surface area contributed by atoms with Crippen molar-refractivity contribution in [3.8, 4) is 0 Å². The average Bonchev–Trinajstić information content (AvgIpc) is 3.63. The van der Waals surface area contributed by atoms with Gasteiger partial charge in [-0.05, 0) is 56.9 Å². The number of amides is 3. The molecular formula is C24H30N6O3. The summed E-state index contributed by atoms with van der Waals surface area (Å²) in [6.45, 7) is 7.35. The van der Waals surface area contributed by atoms with Gasteiger partial charge in [0.05, 0.1) is 11.4 Å². The molecule has 1 aromatic carbocycles. The van der Waals surface area contributed by atoms with E-state index in [2.05, 4.69) is 27.2 Å². The standard InChI is InChI=1S/C24H30N6O3/c1-5-19(31)30(4)15(3)24(33)26-12-11-16-7-6-8-18(13-16)28-23-21(22(25)32)27-14(2)20(29-23)17-9-10-17/h5-8,13,15,17H,1,9-12H2,2-4H3,(H2,25,32)(H,26,33)(H,28,29). The van der Waals surface area contributed by atoms with Crippen molar-refractivity contribution in [2.45, 2.75) is 45.1 Å². The minimum atomic E-state index is -0.636. The molecule has 0 aliphatic heterocycles. The fraction of sp³-hybridized carbons (Fsp3) is 0.375. The van der Waals surface area contributed by atoms with Gasteiger partial charge in [-0.25, -0.2) is 9.97 Å². The van der Waals surface area contributed by atoms with Crippen LogP contribution in [0.5, 0.6) is 0 Å². The number of rotatable bonds is 10. The summed E-state index contributed by atoms with van der Waals surface area (Å²) < 4.78 is 0. The molecule has 0 radical (unpaired) electrons. The second kappa shape index (κ2) is 10.2. The van der Waals surface area contributed by atoms with E-state index in [1.54, 1.807) is 14.0 Å². The maximum atomic E-state index is 12.3. The van der Waals surface area contributed by atoms with E-state index in [4.69, 9.17) is 5.73 Å². The molecule has 1 saturated carbocycles. The third kappa shape index (κ3) is 5.94. The summed E-state index contributed by atoms with van der Waals surface area (Å²) in [6, 6.07) is 7.01. The number of likely N-dealkylation sites (N-methyl/N-ethyl adjacent to an activating group) is 1. The van der Waals surface area contributed by atoms with E-state index in [0.29, 0.717) is 24.7 Å². The van der Waals surface area contributed by atoms with Crippen molar-refractivity contribution in [3.05, 3.63) is 59.6 Å². The predicted octanol–water partition coefficient (Wildman–Crippen LogP) is 2.20. The fourth-order valence-electron chi connectivity index (χ4n) is 3.46. The molecule has 2 aromatic rings. The summed E-state index contributed by atoms with van der Waals surface area (Å²) >= 11 is 0. The number of aromatic nitrogens is 2. The first-order valence-corrected chi connectivity index (χ1v) is 10.9. The Labute approximate surface area is 193 Å². The van der Waals surface area contributed by atoms with Crippen LogP contribution in [0.15, 0.2) is 36.9 Å². The van der Waals surface area contributed by atoms with Crippen molar-refractivity contribution in [2.75, 3.05) is 18.9 Å². The smallest absolute Gasteiger partial charge is 0.271 e. The minimum absolute atomic E-state index is 0.113. The fourth-order valence-corrected chi connectivity index (χ4v) is 3.46. The Morgan fingerprint density at radius 2 is 2.03 bits per heavy atom. The molecule has 9 heteroatoms. The highest BCUT2D eigenvalue weighted by molar-refractivity contribution is 5.96. The number of carbonyl (C=O) groups excluding carboxylic acids is 3. The molecule has 1 aliphatic carbocycles. The van der Waals surface area contributed by atoms with E-state index >= 15 is 0 Å². The molecule has 0 saturated heterocycles. The van der Waals surface area contributed by atoms with E-state index < -0.39 is 11.9 Å². The predicted molar refractivity (Wildman–Crippen MR) is 126 cm³/mol. The highest BCUT2D eigenvalue weighted by Gasteiger charge is 2.29. The molecule has 9 nitrogen and oxygen atoms in total. The van der Waals surface area contributed by atoms with Gasteiger partial charge in [0.25, 0.3) is 5.91 Å². The lowest BCUT2D eigenvalue weighted by molar-refractivity contribution is -0.135. The highest BCUT2D eigenvalue weighted by Crippen LogP contribution is 2.40. The topological polar surface area (TPSA) is 130 Å². The van der Waals surface area contributed by atoms with E-state index in [1.807, 2.05) is 31.2 Å². The number of hydrogen-bond acceptors (Lipinski definition) is 6. The van der Waals surface area contributed by atoms with Gasteiger partial charge in [-0.3, -0.25) is 14.4 Å². The second-order valence-electron chi connectivity index (χ2n) is 8.23. The van der Waals surface area contributed by atoms with Crippen LogP contribution in [0.25, 0.3) is 0 Å². The number of nitrogens with one attached hydrogen (secondary N) is 2. The molecule has 1 heterocycles. The molecule has 3 rings (SSSR count). The molecule has 0 bridgehead atoms. The summed E-state index contributed by atoms with van der Waals surface area (Å²) in [6.07, 6.45) is 3.91. The maximum Gasteiger partial charge on any atom is 0.271 e.